The first-order valence-corrected chi connectivity index (χ1v) is 15.3. The number of rotatable bonds is 11. The van der Waals surface area contributed by atoms with Gasteiger partial charge < -0.3 is 25.0 Å². The molecule has 3 aromatic rings. The molecule has 0 unspecified atom stereocenters. The summed E-state index contributed by atoms with van der Waals surface area (Å²) in [4.78, 5) is 14.7. The molecule has 0 bridgehead atoms. The van der Waals surface area contributed by atoms with Gasteiger partial charge in [-0.25, -0.2) is 4.98 Å². The summed E-state index contributed by atoms with van der Waals surface area (Å²) >= 11 is 0. The largest absolute Gasteiger partial charge is 0.393 e. The highest BCUT2D eigenvalue weighted by Gasteiger charge is 2.25. The lowest BCUT2D eigenvalue weighted by Gasteiger charge is -2.35. The van der Waals surface area contributed by atoms with E-state index in [2.05, 4.69) is 67.4 Å². The van der Waals surface area contributed by atoms with Crippen molar-refractivity contribution in [2.45, 2.75) is 63.8 Å². The van der Waals surface area contributed by atoms with Gasteiger partial charge in [0.1, 0.15) is 5.65 Å². The van der Waals surface area contributed by atoms with E-state index in [0.717, 1.165) is 109 Å². The van der Waals surface area contributed by atoms with Gasteiger partial charge in [0.25, 0.3) is 0 Å². The summed E-state index contributed by atoms with van der Waals surface area (Å²) in [5.41, 5.74) is 4.72. The Kier molecular flexibility index (Phi) is 8.94. The predicted octanol–water partition coefficient (Wildman–Crippen LogP) is 3.50. The first-order valence-electron chi connectivity index (χ1n) is 15.3. The lowest BCUT2D eigenvalue weighted by molar-refractivity contribution is 0.00129. The molecular formula is C31H45N7O2. The number of fused-ring (bicyclic) bond motifs is 1. The molecule has 1 aromatic carbocycles. The van der Waals surface area contributed by atoms with Crippen LogP contribution in [0.15, 0.2) is 36.7 Å². The number of piperazine rings is 1. The number of aliphatic hydroxyl groups is 1. The Morgan fingerprint density at radius 3 is 2.48 bits per heavy atom. The maximum Gasteiger partial charge on any atom is 0.224 e. The van der Waals surface area contributed by atoms with Crippen LogP contribution in [-0.2, 0) is 11.3 Å². The van der Waals surface area contributed by atoms with Crippen molar-refractivity contribution in [1.29, 1.82) is 0 Å². The number of aromatic nitrogens is 3. The summed E-state index contributed by atoms with van der Waals surface area (Å²) < 4.78 is 8.24. The molecule has 9 nitrogen and oxygen atoms in total. The van der Waals surface area contributed by atoms with E-state index in [9.17, 15) is 5.11 Å². The third-order valence-electron chi connectivity index (χ3n) is 8.81. The van der Waals surface area contributed by atoms with Gasteiger partial charge >= 0.3 is 0 Å². The fourth-order valence-electron chi connectivity index (χ4n) is 6.14. The SMILES string of the molecule is CCCNc1ncc2c(-c3ccc(CN4CCN(CCOC5CNC5)CC4)cc3)cn(C3CCC(O)CC3)c2n1. The van der Waals surface area contributed by atoms with Gasteiger partial charge in [0.15, 0.2) is 0 Å². The lowest BCUT2D eigenvalue weighted by Crippen LogP contribution is -2.50. The molecule has 2 saturated heterocycles. The van der Waals surface area contributed by atoms with Crippen molar-refractivity contribution < 1.29 is 9.84 Å². The molecule has 0 spiro atoms. The Hall–Kier alpha value is -2.56. The minimum atomic E-state index is -0.173. The normalized spacial score (nSPS) is 22.9. The summed E-state index contributed by atoms with van der Waals surface area (Å²) in [6.45, 7) is 12.3. The van der Waals surface area contributed by atoms with Crippen LogP contribution in [0.2, 0.25) is 0 Å². The van der Waals surface area contributed by atoms with Crippen molar-refractivity contribution in [1.82, 2.24) is 29.7 Å². The summed E-state index contributed by atoms with van der Waals surface area (Å²) in [6.07, 6.45) is 9.18. The van der Waals surface area contributed by atoms with Crippen LogP contribution in [-0.4, -0.2) is 101 Å². The van der Waals surface area contributed by atoms with Crippen LogP contribution in [0.3, 0.4) is 0 Å². The zero-order chi connectivity index (χ0) is 27.3. The van der Waals surface area contributed by atoms with E-state index in [1.807, 2.05) is 6.20 Å². The average molecular weight is 548 g/mol. The number of hydrogen-bond donors (Lipinski definition) is 3. The summed E-state index contributed by atoms with van der Waals surface area (Å²) in [5.74, 6) is 0.690. The molecule has 6 rings (SSSR count). The number of hydrogen-bond acceptors (Lipinski definition) is 8. The van der Waals surface area contributed by atoms with Crippen LogP contribution in [0.5, 0.6) is 0 Å². The number of benzene rings is 1. The third-order valence-corrected chi connectivity index (χ3v) is 8.81. The zero-order valence-electron chi connectivity index (χ0n) is 23.9. The van der Waals surface area contributed by atoms with Crippen LogP contribution < -0.4 is 10.6 Å². The van der Waals surface area contributed by atoms with E-state index >= 15 is 0 Å². The number of nitrogens with zero attached hydrogens (tertiary/aromatic N) is 5. The van der Waals surface area contributed by atoms with E-state index in [-0.39, 0.29) is 6.10 Å². The molecule has 4 heterocycles. The molecule has 3 fully saturated rings. The summed E-state index contributed by atoms with van der Waals surface area (Å²) in [7, 11) is 0. The first-order chi connectivity index (χ1) is 19.7. The molecule has 2 aromatic heterocycles. The monoisotopic (exact) mass is 547 g/mol. The Balaban J connectivity index is 1.11. The van der Waals surface area contributed by atoms with Crippen molar-refractivity contribution in [2.24, 2.45) is 0 Å². The van der Waals surface area contributed by atoms with Crippen molar-refractivity contribution in [2.75, 3.05) is 64.3 Å². The number of ether oxygens (including phenoxy) is 1. The molecule has 0 atom stereocenters. The van der Waals surface area contributed by atoms with Crippen LogP contribution in [0.25, 0.3) is 22.2 Å². The standard InChI is InChI=1S/C31H45N7O2/c1-2-11-33-31-34-20-28-29(22-38(30(28)35-31)25-7-9-26(39)10-8-25)24-5-3-23(4-6-24)21-37-14-12-36(13-15-37)16-17-40-27-18-32-19-27/h3-6,20,22,25-27,32,39H,2,7-19,21H2,1H3,(H,33,34,35). The molecule has 1 saturated carbocycles. The number of anilines is 1. The minimum Gasteiger partial charge on any atom is -0.393 e. The quantitative estimate of drug-likeness (QED) is 0.336. The van der Waals surface area contributed by atoms with Crippen molar-refractivity contribution in [3.8, 4) is 11.1 Å². The first kappa shape index (κ1) is 27.6. The van der Waals surface area contributed by atoms with Crippen molar-refractivity contribution in [3.63, 3.8) is 0 Å². The van der Waals surface area contributed by atoms with Crippen LogP contribution in [0, 0.1) is 0 Å². The smallest absolute Gasteiger partial charge is 0.224 e. The van der Waals surface area contributed by atoms with E-state index < -0.39 is 0 Å². The van der Waals surface area contributed by atoms with Gasteiger partial charge in [-0.15, -0.1) is 0 Å². The highest BCUT2D eigenvalue weighted by molar-refractivity contribution is 5.94. The van der Waals surface area contributed by atoms with Crippen molar-refractivity contribution in [3.05, 3.63) is 42.2 Å². The molecule has 9 heteroatoms. The number of aliphatic hydroxyl groups excluding tert-OH is 1. The molecule has 3 aliphatic rings. The topological polar surface area (TPSA) is 90.7 Å². The lowest BCUT2D eigenvalue weighted by atomic mass is 9.93. The van der Waals surface area contributed by atoms with Crippen LogP contribution in [0.4, 0.5) is 5.95 Å². The Morgan fingerprint density at radius 2 is 1.77 bits per heavy atom. The summed E-state index contributed by atoms with van der Waals surface area (Å²) in [5, 5.41) is 17.8. The molecule has 216 valence electrons. The van der Waals surface area contributed by atoms with E-state index in [4.69, 9.17) is 9.72 Å². The van der Waals surface area contributed by atoms with E-state index in [1.54, 1.807) is 0 Å². The highest BCUT2D eigenvalue weighted by Crippen LogP contribution is 2.36. The van der Waals surface area contributed by atoms with Gasteiger partial charge in [0, 0.05) is 88.3 Å². The van der Waals surface area contributed by atoms with E-state index in [1.165, 1.54) is 16.7 Å². The van der Waals surface area contributed by atoms with Crippen molar-refractivity contribution >= 4 is 17.0 Å². The second-order valence-electron chi connectivity index (χ2n) is 11.7. The fraction of sp³-hybridized carbons (Fsp3) is 0.613. The second-order valence-corrected chi connectivity index (χ2v) is 11.7. The Labute approximate surface area is 237 Å². The molecule has 2 aliphatic heterocycles. The maximum atomic E-state index is 10.1. The predicted molar refractivity (Wildman–Crippen MR) is 160 cm³/mol. The summed E-state index contributed by atoms with van der Waals surface area (Å²) in [6, 6.07) is 9.42. The Morgan fingerprint density at radius 1 is 1.02 bits per heavy atom. The molecule has 0 radical (unpaired) electrons. The van der Waals surface area contributed by atoms with Crippen LogP contribution in [0.1, 0.15) is 50.6 Å². The van der Waals surface area contributed by atoms with Gasteiger partial charge in [-0.05, 0) is 43.2 Å². The van der Waals surface area contributed by atoms with Gasteiger partial charge in [0.2, 0.25) is 5.95 Å². The molecule has 40 heavy (non-hydrogen) atoms. The fourth-order valence-corrected chi connectivity index (χ4v) is 6.14. The molecule has 3 N–H and O–H groups in total. The number of nitrogens with one attached hydrogen (secondary N) is 2. The van der Waals surface area contributed by atoms with Gasteiger partial charge in [-0.1, -0.05) is 31.2 Å². The third kappa shape index (κ3) is 6.50. The van der Waals surface area contributed by atoms with Crippen LogP contribution >= 0.6 is 0 Å². The van der Waals surface area contributed by atoms with Gasteiger partial charge in [0.05, 0.1) is 18.8 Å². The zero-order valence-corrected chi connectivity index (χ0v) is 23.9. The molecular weight excluding hydrogens is 502 g/mol. The minimum absolute atomic E-state index is 0.173. The average Bonchev–Trinajstić information content (AvgIpc) is 3.34. The molecule has 1 aliphatic carbocycles. The van der Waals surface area contributed by atoms with Gasteiger partial charge in [-0.2, -0.15) is 4.98 Å². The Bertz CT molecular complexity index is 1230. The maximum absolute atomic E-state index is 10.1. The second kappa shape index (κ2) is 13.0. The highest BCUT2D eigenvalue weighted by atomic mass is 16.5. The van der Waals surface area contributed by atoms with Gasteiger partial charge in [-0.3, -0.25) is 9.80 Å². The molecule has 0 amide bonds. The van der Waals surface area contributed by atoms with E-state index in [0.29, 0.717) is 18.1 Å².